The topological polar surface area (TPSA) is 90.9 Å². The Morgan fingerprint density at radius 1 is 1.15 bits per heavy atom. The van der Waals surface area contributed by atoms with E-state index in [1.54, 1.807) is 11.9 Å². The van der Waals surface area contributed by atoms with Gasteiger partial charge < -0.3 is 25.4 Å². The molecule has 41 heavy (non-hydrogen) atoms. The minimum absolute atomic E-state index is 0.0350. The summed E-state index contributed by atoms with van der Waals surface area (Å²) in [5.41, 5.74) is 4.61. The molecule has 1 heterocycles. The van der Waals surface area contributed by atoms with E-state index in [9.17, 15) is 14.7 Å². The van der Waals surface area contributed by atoms with Gasteiger partial charge in [-0.1, -0.05) is 92.9 Å². The summed E-state index contributed by atoms with van der Waals surface area (Å²) in [6.45, 7) is 6.87. The molecule has 7 nitrogen and oxygen atoms in total. The summed E-state index contributed by atoms with van der Waals surface area (Å²) in [4.78, 5) is 28.7. The van der Waals surface area contributed by atoms with Crippen LogP contribution in [-0.4, -0.2) is 60.2 Å². The summed E-state index contributed by atoms with van der Waals surface area (Å²) in [7, 11) is 1.72. The molecular formula is C34H47N3O4. The van der Waals surface area contributed by atoms with Crippen molar-refractivity contribution in [2.45, 2.75) is 89.6 Å². The fourth-order valence-corrected chi connectivity index (χ4v) is 5.98. The Balaban J connectivity index is 1.61. The van der Waals surface area contributed by atoms with Crippen molar-refractivity contribution in [2.75, 3.05) is 20.2 Å². The van der Waals surface area contributed by atoms with E-state index in [2.05, 4.69) is 42.7 Å². The quantitative estimate of drug-likeness (QED) is 0.423. The van der Waals surface area contributed by atoms with Crippen LogP contribution >= 0.6 is 0 Å². The lowest BCUT2D eigenvalue weighted by atomic mass is 9.98. The molecule has 2 amide bonds. The molecule has 1 aliphatic carbocycles. The minimum Gasteiger partial charge on any atom is -0.390 e. The molecule has 2 aromatic carbocycles. The second-order valence-electron chi connectivity index (χ2n) is 11.7. The molecule has 0 radical (unpaired) electrons. The zero-order chi connectivity index (χ0) is 29.4. The van der Waals surface area contributed by atoms with Gasteiger partial charge >= 0.3 is 0 Å². The number of rotatable bonds is 7. The van der Waals surface area contributed by atoms with Gasteiger partial charge in [0.2, 0.25) is 11.8 Å². The molecule has 0 spiro atoms. The summed E-state index contributed by atoms with van der Waals surface area (Å²) in [5.74, 6) is -0.454. The normalized spacial score (nSPS) is 25.9. The van der Waals surface area contributed by atoms with Gasteiger partial charge in [0, 0.05) is 25.6 Å². The maximum Gasteiger partial charge on any atom is 0.243 e. The van der Waals surface area contributed by atoms with Crippen LogP contribution in [0, 0.1) is 12.8 Å². The molecule has 2 aromatic rings. The number of amides is 2. The number of carbonyl (C=O) groups is 2. The van der Waals surface area contributed by atoms with Gasteiger partial charge in [-0.15, -0.1) is 0 Å². The standard InChI is InChI=1S/C34H47N3O4/c1-5-6-12-24(3)34(40)37(4)30-15-10-11-18-41-32-21-28(27-19-23(2)16-17-26(27)32)35-22-31(38)29(36-33(30)39)20-25-13-8-7-9-14-25/h7-11,13-14,16-17,19,24,28-32,35,38H,5-6,12,15,18,20-22H2,1-4H3,(H,36,39)/t24-,28+,29-,30-,31+,32-/m0/s1. The van der Waals surface area contributed by atoms with Crippen LogP contribution in [0.2, 0.25) is 0 Å². The first kappa shape index (κ1) is 30.9. The predicted molar refractivity (Wildman–Crippen MR) is 162 cm³/mol. The molecule has 0 saturated heterocycles. The van der Waals surface area contributed by atoms with E-state index in [1.807, 2.05) is 49.4 Å². The first-order valence-corrected chi connectivity index (χ1v) is 15.2. The lowest BCUT2D eigenvalue weighted by molar-refractivity contribution is -0.142. The van der Waals surface area contributed by atoms with E-state index in [0.29, 0.717) is 26.0 Å². The number of aryl methyl sites for hydroxylation is 1. The Morgan fingerprint density at radius 2 is 1.93 bits per heavy atom. The highest BCUT2D eigenvalue weighted by molar-refractivity contribution is 5.88. The predicted octanol–water partition coefficient (Wildman–Crippen LogP) is 4.79. The molecule has 0 unspecified atom stereocenters. The third kappa shape index (κ3) is 8.06. The summed E-state index contributed by atoms with van der Waals surface area (Å²) in [5, 5.41) is 18.2. The molecule has 6 atom stereocenters. The maximum absolute atomic E-state index is 13.8. The van der Waals surface area contributed by atoms with Gasteiger partial charge in [0.1, 0.15) is 6.04 Å². The number of aliphatic hydroxyl groups excluding tert-OH is 1. The Hall–Kier alpha value is -3.00. The van der Waals surface area contributed by atoms with Crippen molar-refractivity contribution in [3.05, 3.63) is 82.9 Å². The van der Waals surface area contributed by atoms with Gasteiger partial charge in [0.15, 0.2) is 0 Å². The number of nitrogens with zero attached hydrogens (tertiary/aromatic N) is 1. The average molecular weight is 562 g/mol. The average Bonchev–Trinajstić information content (AvgIpc) is 3.31. The number of β-amino-alcohol motifs (C(OH)–C–C–N with tert-alkyl or cyclic N) is 1. The Bertz CT molecular complexity index is 1180. The van der Waals surface area contributed by atoms with Gasteiger partial charge in [0.05, 0.1) is 24.9 Å². The smallest absolute Gasteiger partial charge is 0.243 e. The SMILES string of the molecule is CCCC[C@H](C)C(=O)N(C)[C@H]1CC=CCO[C@H]2C[C@@H](NC[C@@H](O)[C@H](Cc3ccccc3)NC1=O)c1cc(C)ccc12. The van der Waals surface area contributed by atoms with Crippen molar-refractivity contribution in [1.29, 1.82) is 0 Å². The van der Waals surface area contributed by atoms with E-state index < -0.39 is 18.2 Å². The Morgan fingerprint density at radius 3 is 2.68 bits per heavy atom. The number of likely N-dealkylation sites (N-methyl/N-ethyl adjacent to an activating group) is 1. The Labute approximate surface area is 245 Å². The van der Waals surface area contributed by atoms with Gasteiger partial charge in [-0.2, -0.15) is 0 Å². The van der Waals surface area contributed by atoms with Crippen LogP contribution in [-0.2, 0) is 20.7 Å². The van der Waals surface area contributed by atoms with Crippen molar-refractivity contribution in [1.82, 2.24) is 15.5 Å². The zero-order valence-electron chi connectivity index (χ0n) is 25.0. The first-order valence-electron chi connectivity index (χ1n) is 15.2. The molecule has 0 fully saturated rings. The van der Waals surface area contributed by atoms with E-state index in [4.69, 9.17) is 4.74 Å². The molecule has 1 aliphatic heterocycles. The monoisotopic (exact) mass is 561 g/mol. The molecule has 0 aromatic heterocycles. The minimum atomic E-state index is -0.835. The first-order chi connectivity index (χ1) is 19.8. The molecule has 2 aliphatic rings. The number of hydrogen-bond donors (Lipinski definition) is 3. The molecule has 0 saturated carbocycles. The molecule has 4 rings (SSSR count). The van der Waals surface area contributed by atoms with Crippen LogP contribution < -0.4 is 10.6 Å². The lowest BCUT2D eigenvalue weighted by Gasteiger charge is -2.32. The third-order valence-electron chi connectivity index (χ3n) is 8.53. The fraction of sp³-hybridized carbons (Fsp3) is 0.529. The maximum atomic E-state index is 13.8. The largest absolute Gasteiger partial charge is 0.390 e. The van der Waals surface area contributed by atoms with E-state index in [0.717, 1.165) is 31.2 Å². The molecule has 2 bridgehead atoms. The number of aliphatic hydroxyl groups is 1. The van der Waals surface area contributed by atoms with E-state index in [1.165, 1.54) is 16.7 Å². The lowest BCUT2D eigenvalue weighted by Crippen LogP contribution is -2.55. The molecule has 7 heteroatoms. The van der Waals surface area contributed by atoms with Crippen molar-refractivity contribution in [2.24, 2.45) is 5.92 Å². The molecule has 222 valence electrons. The van der Waals surface area contributed by atoms with Crippen LogP contribution in [0.25, 0.3) is 0 Å². The van der Waals surface area contributed by atoms with Crippen LogP contribution in [0.15, 0.2) is 60.7 Å². The molecular weight excluding hydrogens is 514 g/mol. The van der Waals surface area contributed by atoms with Crippen molar-refractivity contribution < 1.29 is 19.4 Å². The van der Waals surface area contributed by atoms with Crippen LogP contribution in [0.4, 0.5) is 0 Å². The summed E-state index contributed by atoms with van der Waals surface area (Å²) in [6.07, 6.45) is 7.42. The van der Waals surface area contributed by atoms with Gasteiger partial charge in [-0.25, -0.2) is 0 Å². The third-order valence-corrected chi connectivity index (χ3v) is 8.53. The van der Waals surface area contributed by atoms with Crippen molar-refractivity contribution in [3.8, 4) is 0 Å². The van der Waals surface area contributed by atoms with Gasteiger partial charge in [-0.3, -0.25) is 9.59 Å². The highest BCUT2D eigenvalue weighted by Gasteiger charge is 2.34. The highest BCUT2D eigenvalue weighted by atomic mass is 16.5. The Kier molecular flexibility index (Phi) is 11.1. The number of hydrogen-bond acceptors (Lipinski definition) is 5. The van der Waals surface area contributed by atoms with Crippen molar-refractivity contribution in [3.63, 3.8) is 0 Å². The van der Waals surface area contributed by atoms with Gasteiger partial charge in [0.25, 0.3) is 0 Å². The summed E-state index contributed by atoms with van der Waals surface area (Å²) in [6, 6.07) is 15.2. The number of ether oxygens (including phenoxy) is 1. The zero-order valence-corrected chi connectivity index (χ0v) is 25.0. The van der Waals surface area contributed by atoms with Crippen LogP contribution in [0.5, 0.6) is 0 Å². The molecule has 3 N–H and O–H groups in total. The van der Waals surface area contributed by atoms with E-state index >= 15 is 0 Å². The van der Waals surface area contributed by atoms with E-state index in [-0.39, 0.29) is 29.9 Å². The van der Waals surface area contributed by atoms with Gasteiger partial charge in [-0.05, 0) is 49.3 Å². The van der Waals surface area contributed by atoms with Crippen LogP contribution in [0.1, 0.15) is 80.4 Å². The number of unbranched alkanes of at least 4 members (excludes halogenated alkanes) is 1. The second-order valence-corrected chi connectivity index (χ2v) is 11.7. The number of fused-ring (bicyclic) bond motifs is 5. The summed E-state index contributed by atoms with van der Waals surface area (Å²) < 4.78 is 6.28. The number of benzene rings is 2. The van der Waals surface area contributed by atoms with Crippen LogP contribution in [0.3, 0.4) is 0 Å². The number of nitrogens with one attached hydrogen (secondary N) is 2. The van der Waals surface area contributed by atoms with Crippen molar-refractivity contribution >= 4 is 11.8 Å². The number of carbonyl (C=O) groups excluding carboxylic acids is 2. The summed E-state index contributed by atoms with van der Waals surface area (Å²) >= 11 is 0. The highest BCUT2D eigenvalue weighted by Crippen LogP contribution is 2.41. The second kappa shape index (κ2) is 14.8. The fourth-order valence-electron chi connectivity index (χ4n) is 5.98.